The molecule has 6 heteroatoms. The van der Waals surface area contributed by atoms with E-state index in [1.807, 2.05) is 25.1 Å². The van der Waals surface area contributed by atoms with Gasteiger partial charge in [0.15, 0.2) is 0 Å². The summed E-state index contributed by atoms with van der Waals surface area (Å²) < 4.78 is 27.2. The minimum Gasteiger partial charge on any atom is -0.396 e. The van der Waals surface area contributed by atoms with Gasteiger partial charge in [-0.15, -0.1) is 11.3 Å². The largest absolute Gasteiger partial charge is 0.396 e. The molecule has 0 fully saturated rings. The highest BCUT2D eigenvalue weighted by Crippen LogP contribution is 2.24. The first kappa shape index (κ1) is 13.7. The van der Waals surface area contributed by atoms with Gasteiger partial charge in [0.1, 0.15) is 4.21 Å². The molecule has 4 nitrogen and oxygen atoms in total. The fourth-order valence-electron chi connectivity index (χ4n) is 1.95. The molecule has 0 unspecified atom stereocenters. The standard InChI is InChI=1S/C12H17NO3S2/c1-2-11-5-6-12(17-11)18(15,16)13-10-4-3-9(7-10)8-14/h3-6,9-10,13-14H,2,7-8H2,1H3/t9-,10+/m0/s1. The number of thiophene rings is 1. The number of aryl methyl sites for hydroxylation is 1. The second kappa shape index (κ2) is 5.52. The van der Waals surface area contributed by atoms with Gasteiger partial charge >= 0.3 is 0 Å². The molecule has 0 aromatic carbocycles. The lowest BCUT2D eigenvalue weighted by atomic mass is 10.1. The average Bonchev–Trinajstić information content (AvgIpc) is 2.96. The van der Waals surface area contributed by atoms with Crippen molar-refractivity contribution in [3.8, 4) is 0 Å². The van der Waals surface area contributed by atoms with E-state index in [0.717, 1.165) is 11.3 Å². The topological polar surface area (TPSA) is 66.4 Å². The molecule has 0 saturated carbocycles. The Morgan fingerprint density at radius 1 is 1.44 bits per heavy atom. The fraction of sp³-hybridized carbons (Fsp3) is 0.500. The van der Waals surface area contributed by atoms with Crippen molar-refractivity contribution >= 4 is 21.4 Å². The molecule has 0 aliphatic heterocycles. The summed E-state index contributed by atoms with van der Waals surface area (Å²) in [6.45, 7) is 2.06. The molecule has 18 heavy (non-hydrogen) atoms. The van der Waals surface area contributed by atoms with Gasteiger partial charge in [0.25, 0.3) is 10.0 Å². The Morgan fingerprint density at radius 3 is 2.78 bits per heavy atom. The number of nitrogens with one attached hydrogen (secondary N) is 1. The van der Waals surface area contributed by atoms with E-state index in [1.54, 1.807) is 6.07 Å². The molecular weight excluding hydrogens is 270 g/mol. The molecule has 2 rings (SSSR count). The van der Waals surface area contributed by atoms with Crippen molar-refractivity contribution in [1.82, 2.24) is 4.72 Å². The fourth-order valence-corrected chi connectivity index (χ4v) is 4.46. The van der Waals surface area contributed by atoms with E-state index in [0.29, 0.717) is 10.6 Å². The van der Waals surface area contributed by atoms with Crippen LogP contribution < -0.4 is 4.72 Å². The van der Waals surface area contributed by atoms with Gasteiger partial charge in [-0.2, -0.15) is 0 Å². The van der Waals surface area contributed by atoms with Crippen molar-refractivity contribution < 1.29 is 13.5 Å². The summed E-state index contributed by atoms with van der Waals surface area (Å²) in [6.07, 6.45) is 5.14. The first-order chi connectivity index (χ1) is 8.55. The van der Waals surface area contributed by atoms with Crippen LogP contribution in [0.5, 0.6) is 0 Å². The van der Waals surface area contributed by atoms with Crippen LogP contribution in [0.4, 0.5) is 0 Å². The van der Waals surface area contributed by atoms with E-state index in [1.165, 1.54) is 11.3 Å². The summed E-state index contributed by atoms with van der Waals surface area (Å²) in [4.78, 5) is 1.06. The lowest BCUT2D eigenvalue weighted by molar-refractivity contribution is 0.248. The Labute approximate surface area is 111 Å². The lowest BCUT2D eigenvalue weighted by Crippen LogP contribution is -2.32. The minimum absolute atomic E-state index is 0.0623. The molecule has 2 atom stereocenters. The molecule has 0 spiro atoms. The number of hydrogen-bond donors (Lipinski definition) is 2. The maximum absolute atomic E-state index is 12.1. The smallest absolute Gasteiger partial charge is 0.250 e. The molecule has 1 aliphatic carbocycles. The molecule has 0 amide bonds. The normalized spacial score (nSPS) is 23.7. The highest BCUT2D eigenvalue weighted by molar-refractivity contribution is 7.91. The van der Waals surface area contributed by atoms with Crippen LogP contribution in [0.15, 0.2) is 28.5 Å². The van der Waals surface area contributed by atoms with Gasteiger partial charge in [0.05, 0.1) is 0 Å². The van der Waals surface area contributed by atoms with Crippen LogP contribution in [0.3, 0.4) is 0 Å². The maximum Gasteiger partial charge on any atom is 0.250 e. The molecule has 0 radical (unpaired) electrons. The molecule has 1 aromatic rings. The molecule has 0 bridgehead atoms. The second-order valence-electron chi connectivity index (χ2n) is 4.37. The molecule has 2 N–H and O–H groups in total. The predicted molar refractivity (Wildman–Crippen MR) is 72.1 cm³/mol. The third kappa shape index (κ3) is 3.00. The van der Waals surface area contributed by atoms with Crippen LogP contribution in [-0.2, 0) is 16.4 Å². The lowest BCUT2D eigenvalue weighted by Gasteiger charge is -2.11. The number of aliphatic hydroxyl groups excluding tert-OH is 1. The number of hydrogen-bond acceptors (Lipinski definition) is 4. The zero-order valence-electron chi connectivity index (χ0n) is 10.2. The van der Waals surface area contributed by atoms with Crippen molar-refractivity contribution in [3.63, 3.8) is 0 Å². The molecule has 1 aliphatic rings. The summed E-state index contributed by atoms with van der Waals surface area (Å²) >= 11 is 1.31. The number of aliphatic hydroxyl groups is 1. The number of sulfonamides is 1. The van der Waals surface area contributed by atoms with Gasteiger partial charge in [-0.05, 0) is 25.0 Å². The zero-order chi connectivity index (χ0) is 13.2. The van der Waals surface area contributed by atoms with Crippen molar-refractivity contribution in [3.05, 3.63) is 29.2 Å². The third-order valence-corrected chi connectivity index (χ3v) is 6.17. The molecule has 100 valence electrons. The monoisotopic (exact) mass is 287 g/mol. The van der Waals surface area contributed by atoms with E-state index >= 15 is 0 Å². The molecule has 1 aromatic heterocycles. The predicted octanol–water partition coefficient (Wildman–Crippen LogP) is 1.53. The van der Waals surface area contributed by atoms with Crippen LogP contribution in [0, 0.1) is 5.92 Å². The summed E-state index contributed by atoms with van der Waals surface area (Å²) in [6, 6.07) is 3.29. The minimum atomic E-state index is -3.43. The van der Waals surface area contributed by atoms with Crippen molar-refractivity contribution in [1.29, 1.82) is 0 Å². The van der Waals surface area contributed by atoms with Gasteiger partial charge in [-0.3, -0.25) is 0 Å². The third-order valence-electron chi connectivity index (χ3n) is 2.96. The molecular formula is C12H17NO3S2. The molecule has 0 saturated heterocycles. The zero-order valence-corrected chi connectivity index (χ0v) is 11.8. The summed E-state index contributed by atoms with van der Waals surface area (Å²) in [7, 11) is -3.43. The van der Waals surface area contributed by atoms with E-state index in [2.05, 4.69) is 4.72 Å². The summed E-state index contributed by atoms with van der Waals surface area (Å²) in [5.41, 5.74) is 0. The first-order valence-electron chi connectivity index (χ1n) is 5.95. The van der Waals surface area contributed by atoms with E-state index in [4.69, 9.17) is 5.11 Å². The summed E-state index contributed by atoms with van der Waals surface area (Å²) in [5, 5.41) is 9.01. The Kier molecular flexibility index (Phi) is 4.21. The van der Waals surface area contributed by atoms with E-state index in [9.17, 15) is 8.42 Å². The maximum atomic E-state index is 12.1. The van der Waals surface area contributed by atoms with E-state index < -0.39 is 10.0 Å². The Balaban J connectivity index is 2.06. The number of rotatable bonds is 5. The van der Waals surface area contributed by atoms with Gasteiger partial charge < -0.3 is 5.11 Å². The van der Waals surface area contributed by atoms with Crippen LogP contribution in [0.25, 0.3) is 0 Å². The highest BCUT2D eigenvalue weighted by Gasteiger charge is 2.25. The Morgan fingerprint density at radius 2 is 2.22 bits per heavy atom. The Hall–Kier alpha value is -0.690. The van der Waals surface area contributed by atoms with Crippen molar-refractivity contribution in [2.24, 2.45) is 5.92 Å². The van der Waals surface area contributed by atoms with Crippen LogP contribution in [-0.4, -0.2) is 26.2 Å². The van der Waals surface area contributed by atoms with Gasteiger partial charge in [-0.1, -0.05) is 19.1 Å². The quantitative estimate of drug-likeness (QED) is 0.807. The van der Waals surface area contributed by atoms with Gasteiger partial charge in [0.2, 0.25) is 0 Å². The van der Waals surface area contributed by atoms with Crippen molar-refractivity contribution in [2.45, 2.75) is 30.0 Å². The van der Waals surface area contributed by atoms with Gasteiger partial charge in [-0.25, -0.2) is 13.1 Å². The molecule has 1 heterocycles. The first-order valence-corrected chi connectivity index (χ1v) is 8.25. The second-order valence-corrected chi connectivity index (χ2v) is 7.47. The van der Waals surface area contributed by atoms with Gasteiger partial charge in [0, 0.05) is 23.4 Å². The summed E-state index contributed by atoms with van der Waals surface area (Å²) in [5.74, 6) is 0.0623. The van der Waals surface area contributed by atoms with Crippen LogP contribution in [0.2, 0.25) is 0 Å². The van der Waals surface area contributed by atoms with Crippen LogP contribution in [0.1, 0.15) is 18.2 Å². The van der Waals surface area contributed by atoms with E-state index in [-0.39, 0.29) is 18.6 Å². The van der Waals surface area contributed by atoms with Crippen LogP contribution >= 0.6 is 11.3 Å². The highest BCUT2D eigenvalue weighted by atomic mass is 32.2. The van der Waals surface area contributed by atoms with Crippen molar-refractivity contribution in [2.75, 3.05) is 6.61 Å². The Bertz CT molecular complexity index is 533. The SMILES string of the molecule is CCc1ccc(S(=O)(=O)N[C@@H]2C=C[C@H](CO)C2)s1. The average molecular weight is 287 g/mol.